The van der Waals surface area contributed by atoms with Crippen LogP contribution in [0.25, 0.3) is 0 Å². The number of hydrogen-bond acceptors (Lipinski definition) is 3. The number of rotatable bonds is 6. The van der Waals surface area contributed by atoms with Gasteiger partial charge in [0.25, 0.3) is 0 Å². The van der Waals surface area contributed by atoms with Crippen molar-refractivity contribution in [3.05, 3.63) is 35.4 Å². The molecule has 0 spiro atoms. The van der Waals surface area contributed by atoms with E-state index in [1.165, 1.54) is 5.56 Å². The van der Waals surface area contributed by atoms with Gasteiger partial charge in [-0.25, -0.2) is 0 Å². The molecule has 22 heavy (non-hydrogen) atoms. The van der Waals surface area contributed by atoms with Crippen molar-refractivity contribution in [2.75, 3.05) is 13.2 Å². The van der Waals surface area contributed by atoms with E-state index in [9.17, 15) is 0 Å². The van der Waals surface area contributed by atoms with Gasteiger partial charge < -0.3 is 20.1 Å². The van der Waals surface area contributed by atoms with Gasteiger partial charge in [-0.3, -0.25) is 0 Å². The summed E-state index contributed by atoms with van der Waals surface area (Å²) in [6.45, 7) is 11.8. The zero-order chi connectivity index (χ0) is 16.1. The Hall–Kier alpha value is -1.75. The van der Waals surface area contributed by atoms with E-state index in [0.717, 1.165) is 29.1 Å². The Morgan fingerprint density at radius 1 is 1.45 bits per heavy atom. The van der Waals surface area contributed by atoms with Gasteiger partial charge in [0.2, 0.25) is 0 Å². The normalized spacial score (nSPS) is 15.7. The molecule has 1 atom stereocenters. The van der Waals surface area contributed by atoms with Gasteiger partial charge in [0, 0.05) is 30.6 Å². The molecule has 0 saturated carbocycles. The summed E-state index contributed by atoms with van der Waals surface area (Å²) in [7, 11) is 0. The molecule has 0 aromatic heterocycles. The summed E-state index contributed by atoms with van der Waals surface area (Å²) < 4.78 is 11.6. The summed E-state index contributed by atoms with van der Waals surface area (Å²) in [5, 5.41) is 6.92. The molecule has 2 N–H and O–H groups in total. The average molecular weight is 320 g/mol. The Bertz CT molecular complexity index is 572. The third-order valence-electron chi connectivity index (χ3n) is 3.37. The van der Waals surface area contributed by atoms with Gasteiger partial charge in [-0.1, -0.05) is 12.2 Å². The summed E-state index contributed by atoms with van der Waals surface area (Å²) in [5.74, 6) is 1.85. The molecule has 1 aliphatic heterocycles. The fourth-order valence-corrected chi connectivity index (χ4v) is 2.52. The van der Waals surface area contributed by atoms with Crippen molar-refractivity contribution >= 4 is 17.3 Å². The van der Waals surface area contributed by atoms with E-state index in [0.29, 0.717) is 24.8 Å². The van der Waals surface area contributed by atoms with Crippen molar-refractivity contribution in [2.24, 2.45) is 0 Å². The topological polar surface area (TPSA) is 42.5 Å². The highest BCUT2D eigenvalue weighted by Crippen LogP contribution is 2.35. The highest BCUT2D eigenvalue weighted by Gasteiger charge is 2.21. The van der Waals surface area contributed by atoms with Crippen molar-refractivity contribution in [3.63, 3.8) is 0 Å². The molecule has 5 heteroatoms. The van der Waals surface area contributed by atoms with Crippen molar-refractivity contribution in [2.45, 2.75) is 39.8 Å². The van der Waals surface area contributed by atoms with E-state index in [1.807, 2.05) is 13.8 Å². The average Bonchev–Trinajstić information content (AvgIpc) is 2.82. The van der Waals surface area contributed by atoms with Crippen LogP contribution in [0.5, 0.6) is 11.5 Å². The molecular weight excluding hydrogens is 296 g/mol. The summed E-state index contributed by atoms with van der Waals surface area (Å²) in [6, 6.07) is 4.14. The molecule has 1 aromatic carbocycles. The van der Waals surface area contributed by atoms with Crippen LogP contribution in [0.1, 0.15) is 31.9 Å². The highest BCUT2D eigenvalue weighted by atomic mass is 32.1. The number of nitrogens with one attached hydrogen (secondary N) is 2. The van der Waals surface area contributed by atoms with E-state index in [1.54, 1.807) is 0 Å². The lowest BCUT2D eigenvalue weighted by molar-refractivity contribution is 0.254. The van der Waals surface area contributed by atoms with Crippen molar-refractivity contribution in [1.82, 2.24) is 10.6 Å². The lowest BCUT2D eigenvalue weighted by Crippen LogP contribution is -2.35. The molecule has 0 bridgehead atoms. The molecule has 1 aromatic rings. The Morgan fingerprint density at radius 2 is 2.23 bits per heavy atom. The quantitative estimate of drug-likeness (QED) is 0.623. The predicted octanol–water partition coefficient (Wildman–Crippen LogP) is 2.95. The monoisotopic (exact) mass is 320 g/mol. The molecule has 4 nitrogen and oxygen atoms in total. The third-order valence-corrected chi connectivity index (χ3v) is 3.66. The van der Waals surface area contributed by atoms with E-state index in [4.69, 9.17) is 21.7 Å². The standard InChI is InChI=1S/C17H24N2O2S/c1-5-20-15-7-13-6-12(4)21-16(13)8-14(15)10-19-17(22)18-9-11(2)3/h7-8,12H,2,5-6,9-10H2,1,3-4H3,(H2,18,19,22)/t12-/m0/s1. The van der Waals surface area contributed by atoms with Crippen molar-refractivity contribution in [1.29, 1.82) is 0 Å². The van der Waals surface area contributed by atoms with Crippen LogP contribution in [0.4, 0.5) is 0 Å². The fourth-order valence-electron chi connectivity index (χ4n) is 2.38. The van der Waals surface area contributed by atoms with E-state index >= 15 is 0 Å². The lowest BCUT2D eigenvalue weighted by Gasteiger charge is -2.15. The number of thiocarbonyl (C=S) groups is 1. The number of benzene rings is 1. The molecule has 0 aliphatic carbocycles. The van der Waals surface area contributed by atoms with Crippen LogP contribution < -0.4 is 20.1 Å². The van der Waals surface area contributed by atoms with Gasteiger partial charge in [-0.15, -0.1) is 0 Å². The van der Waals surface area contributed by atoms with Crippen LogP contribution in [0.15, 0.2) is 24.3 Å². The predicted molar refractivity (Wildman–Crippen MR) is 93.7 cm³/mol. The molecule has 0 fully saturated rings. The molecule has 1 heterocycles. The number of ether oxygens (including phenoxy) is 2. The number of hydrogen-bond donors (Lipinski definition) is 2. The van der Waals surface area contributed by atoms with Gasteiger partial charge in [0.15, 0.2) is 5.11 Å². The van der Waals surface area contributed by atoms with Crippen LogP contribution >= 0.6 is 12.2 Å². The van der Waals surface area contributed by atoms with Crippen molar-refractivity contribution < 1.29 is 9.47 Å². The minimum absolute atomic E-state index is 0.228. The van der Waals surface area contributed by atoms with E-state index in [2.05, 4.69) is 36.3 Å². The molecule has 1 aliphatic rings. The molecule has 0 saturated heterocycles. The molecule has 0 radical (unpaired) electrons. The second-order valence-electron chi connectivity index (χ2n) is 5.63. The fraction of sp³-hybridized carbons (Fsp3) is 0.471. The van der Waals surface area contributed by atoms with E-state index < -0.39 is 0 Å². The van der Waals surface area contributed by atoms with Crippen molar-refractivity contribution in [3.8, 4) is 11.5 Å². The van der Waals surface area contributed by atoms with Crippen LogP contribution in [-0.4, -0.2) is 24.4 Å². The largest absolute Gasteiger partial charge is 0.494 e. The first kappa shape index (κ1) is 16.6. The SMILES string of the molecule is C=C(C)CNC(=S)NCc1cc2c(cc1OCC)C[C@H](C)O2. The molecule has 0 unspecified atom stereocenters. The Labute approximate surface area is 137 Å². The minimum atomic E-state index is 0.228. The number of fused-ring (bicyclic) bond motifs is 1. The maximum atomic E-state index is 5.82. The van der Waals surface area contributed by atoms with Gasteiger partial charge in [-0.2, -0.15) is 0 Å². The summed E-state index contributed by atoms with van der Waals surface area (Å²) in [4.78, 5) is 0. The van der Waals surface area contributed by atoms with Gasteiger partial charge in [0.05, 0.1) is 6.61 Å². The van der Waals surface area contributed by atoms with Gasteiger partial charge >= 0.3 is 0 Å². The first-order valence-corrected chi connectivity index (χ1v) is 8.01. The second-order valence-corrected chi connectivity index (χ2v) is 6.03. The Balaban J connectivity index is 2.04. The maximum absolute atomic E-state index is 5.82. The highest BCUT2D eigenvalue weighted by molar-refractivity contribution is 7.80. The zero-order valence-corrected chi connectivity index (χ0v) is 14.3. The molecule has 120 valence electrons. The molecule has 2 rings (SSSR count). The zero-order valence-electron chi connectivity index (χ0n) is 13.5. The summed E-state index contributed by atoms with van der Waals surface area (Å²) in [6.07, 6.45) is 1.16. The van der Waals surface area contributed by atoms with Crippen LogP contribution in [-0.2, 0) is 13.0 Å². The first-order chi connectivity index (χ1) is 10.5. The van der Waals surface area contributed by atoms with Crippen LogP contribution in [0.2, 0.25) is 0 Å². The smallest absolute Gasteiger partial charge is 0.166 e. The van der Waals surface area contributed by atoms with Gasteiger partial charge in [-0.05, 0) is 45.1 Å². The summed E-state index contributed by atoms with van der Waals surface area (Å²) in [5.41, 5.74) is 3.30. The van der Waals surface area contributed by atoms with Gasteiger partial charge in [0.1, 0.15) is 17.6 Å². The van der Waals surface area contributed by atoms with Crippen LogP contribution in [0, 0.1) is 0 Å². The second kappa shape index (κ2) is 7.49. The first-order valence-electron chi connectivity index (χ1n) is 7.61. The minimum Gasteiger partial charge on any atom is -0.494 e. The molecular formula is C17H24N2O2S. The Kier molecular flexibility index (Phi) is 5.66. The third kappa shape index (κ3) is 4.37. The van der Waals surface area contributed by atoms with E-state index in [-0.39, 0.29) is 6.10 Å². The Morgan fingerprint density at radius 3 is 2.91 bits per heavy atom. The summed E-state index contributed by atoms with van der Waals surface area (Å²) >= 11 is 5.26. The maximum Gasteiger partial charge on any atom is 0.166 e. The molecule has 0 amide bonds. The van der Waals surface area contributed by atoms with Crippen LogP contribution in [0.3, 0.4) is 0 Å². The lowest BCUT2D eigenvalue weighted by atomic mass is 10.1.